The van der Waals surface area contributed by atoms with Crippen LogP contribution in [0, 0.1) is 0 Å². The van der Waals surface area contributed by atoms with E-state index in [-0.39, 0.29) is 30.0 Å². The predicted molar refractivity (Wildman–Crippen MR) is 134 cm³/mol. The zero-order valence-electron chi connectivity index (χ0n) is 18.5. The molecule has 0 saturated heterocycles. The number of hydrogen-bond acceptors (Lipinski definition) is 4. The van der Waals surface area contributed by atoms with Crippen LogP contribution in [0.2, 0.25) is 0 Å². The van der Waals surface area contributed by atoms with Crippen LogP contribution in [-0.2, 0) is 10.0 Å². The summed E-state index contributed by atoms with van der Waals surface area (Å²) in [7, 11) is -3.29. The van der Waals surface area contributed by atoms with Gasteiger partial charge in [-0.05, 0) is 39.4 Å². The molecular weight excluding hydrogens is 501 g/mol. The van der Waals surface area contributed by atoms with Crippen molar-refractivity contribution in [2.75, 3.05) is 39.0 Å². The number of nitrogens with zero attached hydrogens (tertiary/aromatic N) is 2. The molecule has 1 aromatic carbocycles. The van der Waals surface area contributed by atoms with Crippen molar-refractivity contribution in [3.05, 3.63) is 35.9 Å². The molecular formula is C20H38IN5O2S. The summed E-state index contributed by atoms with van der Waals surface area (Å²) in [6.07, 6.45) is 1.16. The molecule has 0 aromatic heterocycles. The Labute approximate surface area is 194 Å². The fourth-order valence-corrected chi connectivity index (χ4v) is 4.21. The number of aliphatic imine (C=N–C) groups is 1. The van der Waals surface area contributed by atoms with Crippen molar-refractivity contribution >= 4 is 40.0 Å². The summed E-state index contributed by atoms with van der Waals surface area (Å²) in [4.78, 5) is 7.00. The van der Waals surface area contributed by atoms with E-state index in [1.54, 1.807) is 0 Å². The second kappa shape index (κ2) is 13.4. The van der Waals surface area contributed by atoms with E-state index in [2.05, 4.69) is 63.4 Å². The fourth-order valence-electron chi connectivity index (χ4n) is 3.14. The normalized spacial score (nSPS) is 13.7. The largest absolute Gasteiger partial charge is 0.357 e. The number of nitrogens with one attached hydrogen (secondary N) is 3. The van der Waals surface area contributed by atoms with Crippen molar-refractivity contribution in [1.82, 2.24) is 20.3 Å². The molecule has 0 radical (unpaired) electrons. The average molecular weight is 540 g/mol. The minimum Gasteiger partial charge on any atom is -0.357 e. The molecule has 0 amide bonds. The first-order valence-electron chi connectivity index (χ1n) is 9.92. The Morgan fingerprint density at radius 1 is 1.10 bits per heavy atom. The Hall–Kier alpha value is -0.910. The van der Waals surface area contributed by atoms with Gasteiger partial charge in [-0.3, -0.25) is 9.89 Å². The minimum absolute atomic E-state index is 0. The van der Waals surface area contributed by atoms with Gasteiger partial charge in [0.15, 0.2) is 5.96 Å². The molecule has 7 nitrogen and oxygen atoms in total. The van der Waals surface area contributed by atoms with Crippen molar-refractivity contribution in [2.24, 2.45) is 4.99 Å². The molecule has 0 aliphatic heterocycles. The highest BCUT2D eigenvalue weighted by Crippen LogP contribution is 2.19. The second-order valence-electron chi connectivity index (χ2n) is 7.48. The third kappa shape index (κ3) is 11.2. The number of benzene rings is 1. The monoisotopic (exact) mass is 539 g/mol. The molecule has 0 fully saturated rings. The topological polar surface area (TPSA) is 85.8 Å². The predicted octanol–water partition coefficient (Wildman–Crippen LogP) is 2.57. The van der Waals surface area contributed by atoms with E-state index in [1.165, 1.54) is 5.56 Å². The molecule has 0 bridgehead atoms. The first-order chi connectivity index (χ1) is 13.1. The Balaban J connectivity index is 0.00000784. The van der Waals surface area contributed by atoms with Crippen molar-refractivity contribution < 1.29 is 8.42 Å². The van der Waals surface area contributed by atoms with E-state index in [4.69, 9.17) is 0 Å². The second-order valence-corrected chi connectivity index (χ2v) is 9.23. The summed E-state index contributed by atoms with van der Waals surface area (Å²) in [5.74, 6) is 0.680. The van der Waals surface area contributed by atoms with E-state index >= 15 is 0 Å². The van der Waals surface area contributed by atoms with Crippen LogP contribution >= 0.6 is 24.0 Å². The van der Waals surface area contributed by atoms with Gasteiger partial charge in [-0.15, -0.1) is 24.0 Å². The summed E-state index contributed by atoms with van der Waals surface area (Å²) in [6, 6.07) is 10.7. The van der Waals surface area contributed by atoms with Crippen LogP contribution in [0.5, 0.6) is 0 Å². The van der Waals surface area contributed by atoms with E-state index in [0.29, 0.717) is 19.0 Å². The number of hydrogen-bond donors (Lipinski definition) is 3. The maximum Gasteiger partial charge on any atom is 0.209 e. The van der Waals surface area contributed by atoms with Crippen LogP contribution in [0.4, 0.5) is 0 Å². The van der Waals surface area contributed by atoms with E-state index < -0.39 is 15.6 Å². The Bertz CT molecular complexity index is 707. The van der Waals surface area contributed by atoms with Crippen molar-refractivity contribution in [1.29, 1.82) is 0 Å². The maximum absolute atomic E-state index is 11.5. The minimum atomic E-state index is -3.29. The van der Waals surface area contributed by atoms with Crippen molar-refractivity contribution in [2.45, 2.75) is 46.2 Å². The SMILES string of the molecule is CCNC(=NCC(C)(C)NS(C)(=O)=O)NCC(c1ccccc1)N(CC)CC.I. The molecule has 29 heavy (non-hydrogen) atoms. The number of likely N-dealkylation sites (N-methyl/N-ethyl adjacent to an activating group) is 1. The van der Waals surface area contributed by atoms with Crippen LogP contribution in [0.3, 0.4) is 0 Å². The fraction of sp³-hybridized carbons (Fsp3) is 0.650. The van der Waals surface area contributed by atoms with Gasteiger partial charge in [0, 0.05) is 18.6 Å². The number of rotatable bonds is 11. The quantitative estimate of drug-likeness (QED) is 0.229. The molecule has 9 heteroatoms. The first-order valence-corrected chi connectivity index (χ1v) is 11.8. The van der Waals surface area contributed by atoms with Gasteiger partial charge >= 0.3 is 0 Å². The van der Waals surface area contributed by atoms with Crippen LogP contribution in [-0.4, -0.2) is 63.8 Å². The number of halogens is 1. The molecule has 1 atom stereocenters. The zero-order valence-corrected chi connectivity index (χ0v) is 21.7. The standard InChI is InChI=1S/C20H37N5O2S.HI/c1-7-21-19(23-16-20(4,5)24-28(6,26)27)22-15-18(25(8-2)9-3)17-13-11-10-12-14-17;/h10-14,18,24H,7-9,15-16H2,1-6H3,(H2,21,22,23);1H. The molecule has 1 rings (SSSR count). The van der Waals surface area contributed by atoms with E-state index in [1.807, 2.05) is 26.8 Å². The Morgan fingerprint density at radius 2 is 1.69 bits per heavy atom. The van der Waals surface area contributed by atoms with Gasteiger partial charge in [-0.1, -0.05) is 44.2 Å². The Kier molecular flexibility index (Phi) is 13.0. The smallest absolute Gasteiger partial charge is 0.209 e. The average Bonchev–Trinajstić information content (AvgIpc) is 2.61. The number of sulfonamides is 1. The molecule has 0 spiro atoms. The molecule has 1 unspecified atom stereocenters. The van der Waals surface area contributed by atoms with E-state index in [9.17, 15) is 8.42 Å². The van der Waals surface area contributed by atoms with Gasteiger partial charge in [0.2, 0.25) is 10.0 Å². The van der Waals surface area contributed by atoms with Gasteiger partial charge < -0.3 is 10.6 Å². The maximum atomic E-state index is 11.5. The van der Waals surface area contributed by atoms with Gasteiger partial charge in [-0.2, -0.15) is 0 Å². The highest BCUT2D eigenvalue weighted by atomic mass is 127. The summed E-state index contributed by atoms with van der Waals surface area (Å²) in [5.41, 5.74) is 0.599. The zero-order chi connectivity index (χ0) is 21.2. The molecule has 0 heterocycles. The lowest BCUT2D eigenvalue weighted by Gasteiger charge is -2.31. The summed E-state index contributed by atoms with van der Waals surface area (Å²) in [5, 5.41) is 6.67. The van der Waals surface area contributed by atoms with Crippen molar-refractivity contribution in [3.8, 4) is 0 Å². The van der Waals surface area contributed by atoms with Crippen LogP contribution < -0.4 is 15.4 Å². The lowest BCUT2D eigenvalue weighted by molar-refractivity contribution is 0.219. The van der Waals surface area contributed by atoms with Gasteiger partial charge in [-0.25, -0.2) is 13.1 Å². The van der Waals surface area contributed by atoms with Crippen molar-refractivity contribution in [3.63, 3.8) is 0 Å². The molecule has 168 valence electrons. The van der Waals surface area contributed by atoms with Crippen LogP contribution in [0.1, 0.15) is 46.2 Å². The van der Waals surface area contributed by atoms with Gasteiger partial charge in [0.25, 0.3) is 0 Å². The lowest BCUT2D eigenvalue weighted by atomic mass is 10.1. The number of guanidine groups is 1. The van der Waals surface area contributed by atoms with Crippen LogP contribution in [0.15, 0.2) is 35.3 Å². The summed E-state index contributed by atoms with van der Waals surface area (Å²) in [6.45, 7) is 13.7. The molecule has 3 N–H and O–H groups in total. The molecule has 0 saturated carbocycles. The molecule has 1 aromatic rings. The Morgan fingerprint density at radius 3 is 2.17 bits per heavy atom. The summed E-state index contributed by atoms with van der Waals surface area (Å²) >= 11 is 0. The van der Waals surface area contributed by atoms with Gasteiger partial charge in [0.05, 0.1) is 18.8 Å². The third-order valence-electron chi connectivity index (χ3n) is 4.34. The highest BCUT2D eigenvalue weighted by Gasteiger charge is 2.22. The first kappa shape index (κ1) is 28.1. The molecule has 0 aliphatic carbocycles. The van der Waals surface area contributed by atoms with Crippen LogP contribution in [0.25, 0.3) is 0 Å². The highest BCUT2D eigenvalue weighted by molar-refractivity contribution is 14.0. The molecule has 0 aliphatic rings. The summed E-state index contributed by atoms with van der Waals surface area (Å²) < 4.78 is 25.7. The van der Waals surface area contributed by atoms with Gasteiger partial charge in [0.1, 0.15) is 0 Å². The lowest BCUT2D eigenvalue weighted by Crippen LogP contribution is -2.47. The third-order valence-corrected chi connectivity index (χ3v) is 5.26. The van der Waals surface area contributed by atoms with E-state index in [0.717, 1.165) is 25.9 Å².